The second-order valence-electron chi connectivity index (χ2n) is 6.40. The van der Waals surface area contributed by atoms with E-state index in [-0.39, 0.29) is 5.02 Å². The van der Waals surface area contributed by atoms with Crippen LogP contribution in [0.25, 0.3) is 0 Å². The van der Waals surface area contributed by atoms with Crippen LogP contribution in [0.3, 0.4) is 0 Å². The summed E-state index contributed by atoms with van der Waals surface area (Å²) in [5.74, 6) is -1.39. The number of nitrogens with zero attached hydrogens (tertiary/aromatic N) is 1. The molecule has 3 rings (SSSR count). The van der Waals surface area contributed by atoms with Crippen molar-refractivity contribution in [2.24, 2.45) is 0 Å². The topological polar surface area (TPSA) is 42.0 Å². The number of pyridine rings is 1. The first kappa shape index (κ1) is 20.4. The maximum absolute atomic E-state index is 13.0. The Kier molecular flexibility index (Phi) is 5.31. The fourth-order valence-corrected chi connectivity index (χ4v) is 3.42. The number of nitrogens with one attached hydrogen (secondary N) is 1. The summed E-state index contributed by atoms with van der Waals surface area (Å²) in [4.78, 5) is 15.8. The fraction of sp³-hybridized carbons (Fsp3) is 0.333. The number of carbonyl (C=O) groups excluding carboxylic acids is 1. The van der Waals surface area contributed by atoms with Gasteiger partial charge in [-0.25, -0.2) is 0 Å². The van der Waals surface area contributed by atoms with Gasteiger partial charge in [0.2, 0.25) is 0 Å². The monoisotopic (exact) mass is 422 g/mol. The Bertz CT molecular complexity index is 896. The summed E-state index contributed by atoms with van der Waals surface area (Å²) in [6.07, 6.45) is -7.21. The zero-order valence-corrected chi connectivity index (χ0v) is 14.8. The van der Waals surface area contributed by atoms with Crippen LogP contribution in [0.4, 0.5) is 26.3 Å². The number of hydrogen-bond acceptors (Lipinski definition) is 2. The summed E-state index contributed by atoms with van der Waals surface area (Å²) in [7, 11) is 0. The van der Waals surface area contributed by atoms with E-state index in [0.717, 1.165) is 30.5 Å². The minimum Gasteiger partial charge on any atom is -0.347 e. The largest absolute Gasteiger partial charge is 0.418 e. The van der Waals surface area contributed by atoms with Crippen molar-refractivity contribution in [3.05, 3.63) is 63.9 Å². The number of aromatic nitrogens is 1. The van der Waals surface area contributed by atoms with Crippen LogP contribution in [0.1, 0.15) is 45.9 Å². The van der Waals surface area contributed by atoms with E-state index in [1.807, 2.05) is 0 Å². The van der Waals surface area contributed by atoms with E-state index in [9.17, 15) is 31.1 Å². The third-order valence-electron chi connectivity index (χ3n) is 4.65. The van der Waals surface area contributed by atoms with Crippen LogP contribution in [0.15, 0.2) is 36.5 Å². The normalized spacial score (nSPS) is 19.8. The molecule has 1 amide bonds. The smallest absolute Gasteiger partial charge is 0.347 e. The lowest BCUT2D eigenvalue weighted by atomic mass is 9.74. The third-order valence-corrected chi connectivity index (χ3v) is 4.97. The molecule has 2 aromatic rings. The van der Waals surface area contributed by atoms with Crippen molar-refractivity contribution < 1.29 is 31.1 Å². The van der Waals surface area contributed by atoms with Crippen LogP contribution >= 0.6 is 11.6 Å². The van der Waals surface area contributed by atoms with E-state index < -0.39 is 47.0 Å². The SMILES string of the molecule is O=C(N[C@@H]1CC[C@@H]1c1ccc(C(F)(F)F)cc1Cl)c1ncccc1C(F)(F)F. The highest BCUT2D eigenvalue weighted by atomic mass is 35.5. The van der Waals surface area contributed by atoms with Crippen LogP contribution in [0, 0.1) is 0 Å². The highest BCUT2D eigenvalue weighted by molar-refractivity contribution is 6.31. The molecule has 1 fully saturated rings. The number of carbonyl (C=O) groups is 1. The Morgan fingerprint density at radius 2 is 1.79 bits per heavy atom. The molecule has 0 unspecified atom stereocenters. The molecule has 1 aliphatic carbocycles. The van der Waals surface area contributed by atoms with E-state index in [1.54, 1.807) is 0 Å². The second-order valence-corrected chi connectivity index (χ2v) is 6.80. The molecular weight excluding hydrogens is 410 g/mol. The minimum absolute atomic E-state index is 0.104. The number of benzene rings is 1. The van der Waals surface area contributed by atoms with Crippen LogP contribution in [0.5, 0.6) is 0 Å². The van der Waals surface area contributed by atoms with Gasteiger partial charge >= 0.3 is 12.4 Å². The maximum Gasteiger partial charge on any atom is 0.418 e. The Morgan fingerprint density at radius 3 is 2.32 bits per heavy atom. The molecule has 1 aromatic carbocycles. The lowest BCUT2D eigenvalue weighted by Crippen LogP contribution is -2.46. The van der Waals surface area contributed by atoms with Gasteiger partial charge in [-0.1, -0.05) is 17.7 Å². The molecule has 0 radical (unpaired) electrons. The molecule has 1 heterocycles. The minimum atomic E-state index is -4.74. The van der Waals surface area contributed by atoms with Gasteiger partial charge in [-0.05, 0) is 42.7 Å². The summed E-state index contributed by atoms with van der Waals surface area (Å²) >= 11 is 5.97. The van der Waals surface area contributed by atoms with Gasteiger partial charge in [-0.15, -0.1) is 0 Å². The summed E-state index contributed by atoms with van der Waals surface area (Å²) in [5, 5.41) is 2.38. The zero-order valence-electron chi connectivity index (χ0n) is 14.0. The molecule has 0 saturated heterocycles. The first-order chi connectivity index (χ1) is 13.0. The molecular formula is C18H13ClF6N2O. The lowest BCUT2D eigenvalue weighted by molar-refractivity contribution is -0.138. The number of alkyl halides is 6. The highest BCUT2D eigenvalue weighted by Crippen LogP contribution is 2.42. The van der Waals surface area contributed by atoms with Gasteiger partial charge in [0.1, 0.15) is 5.69 Å². The van der Waals surface area contributed by atoms with Gasteiger partial charge in [0.25, 0.3) is 5.91 Å². The molecule has 0 bridgehead atoms. The van der Waals surface area contributed by atoms with Crippen molar-refractivity contribution in [3.63, 3.8) is 0 Å². The number of amides is 1. The Labute approximate surface area is 160 Å². The molecule has 150 valence electrons. The van der Waals surface area contributed by atoms with Crippen molar-refractivity contribution in [1.82, 2.24) is 10.3 Å². The fourth-order valence-electron chi connectivity index (χ4n) is 3.10. The number of rotatable bonds is 3. The van der Waals surface area contributed by atoms with E-state index in [2.05, 4.69) is 10.3 Å². The van der Waals surface area contributed by atoms with Gasteiger partial charge in [-0.3, -0.25) is 9.78 Å². The number of halogens is 7. The molecule has 0 aliphatic heterocycles. The predicted molar refractivity (Wildman–Crippen MR) is 88.9 cm³/mol. The average molecular weight is 423 g/mol. The highest BCUT2D eigenvalue weighted by Gasteiger charge is 2.39. The third kappa shape index (κ3) is 4.09. The van der Waals surface area contributed by atoms with E-state index in [4.69, 9.17) is 11.6 Å². The first-order valence-electron chi connectivity index (χ1n) is 8.18. The zero-order chi connectivity index (χ0) is 20.7. The molecule has 2 atom stereocenters. The van der Waals surface area contributed by atoms with E-state index in [1.165, 1.54) is 6.07 Å². The molecule has 3 nitrogen and oxygen atoms in total. The second kappa shape index (κ2) is 7.27. The quantitative estimate of drug-likeness (QED) is 0.668. The van der Waals surface area contributed by atoms with Crippen molar-refractivity contribution in [2.75, 3.05) is 0 Å². The lowest BCUT2D eigenvalue weighted by Gasteiger charge is -2.38. The van der Waals surface area contributed by atoms with E-state index >= 15 is 0 Å². The van der Waals surface area contributed by atoms with Crippen LogP contribution in [0.2, 0.25) is 5.02 Å². The average Bonchev–Trinajstić information content (AvgIpc) is 2.58. The number of hydrogen-bond donors (Lipinski definition) is 1. The predicted octanol–water partition coefficient (Wildman–Crippen LogP) is 5.45. The van der Waals surface area contributed by atoms with Crippen molar-refractivity contribution in [2.45, 2.75) is 37.2 Å². The van der Waals surface area contributed by atoms with Crippen LogP contribution in [-0.4, -0.2) is 16.9 Å². The van der Waals surface area contributed by atoms with Gasteiger partial charge in [0.05, 0.1) is 11.1 Å². The Morgan fingerprint density at radius 1 is 1.07 bits per heavy atom. The molecule has 10 heteroatoms. The molecule has 1 aromatic heterocycles. The summed E-state index contributed by atoms with van der Waals surface area (Å²) < 4.78 is 77.4. The summed E-state index contributed by atoms with van der Waals surface area (Å²) in [6.45, 7) is 0. The molecule has 28 heavy (non-hydrogen) atoms. The van der Waals surface area contributed by atoms with Gasteiger partial charge < -0.3 is 5.32 Å². The van der Waals surface area contributed by atoms with Crippen LogP contribution < -0.4 is 5.32 Å². The van der Waals surface area contributed by atoms with Gasteiger partial charge in [0, 0.05) is 23.2 Å². The summed E-state index contributed by atoms with van der Waals surface area (Å²) in [5.41, 5.74) is -2.40. The van der Waals surface area contributed by atoms with Crippen molar-refractivity contribution in [1.29, 1.82) is 0 Å². The van der Waals surface area contributed by atoms with E-state index in [0.29, 0.717) is 18.4 Å². The van der Waals surface area contributed by atoms with Gasteiger partial charge in [-0.2, -0.15) is 26.3 Å². The maximum atomic E-state index is 13.0. The van der Waals surface area contributed by atoms with Crippen LogP contribution in [-0.2, 0) is 12.4 Å². The van der Waals surface area contributed by atoms with Gasteiger partial charge in [0.15, 0.2) is 0 Å². The summed E-state index contributed by atoms with van der Waals surface area (Å²) in [6, 6.07) is 4.20. The molecule has 1 N–H and O–H groups in total. The molecule has 1 aliphatic rings. The standard InChI is InChI=1S/C18H13ClF6N2O/c19-13-8-9(17(20,21)22)3-4-10(13)11-5-6-14(11)27-16(28)15-12(18(23,24)25)2-1-7-26-15/h1-4,7-8,11,14H,5-6H2,(H,27,28)/t11-,14-/m1/s1. The molecule has 0 spiro atoms. The van der Waals surface area contributed by atoms with Crippen molar-refractivity contribution >= 4 is 17.5 Å². The van der Waals surface area contributed by atoms with Crippen molar-refractivity contribution in [3.8, 4) is 0 Å². The first-order valence-corrected chi connectivity index (χ1v) is 8.56. The Balaban J connectivity index is 1.78. The molecule has 1 saturated carbocycles. The Hall–Kier alpha value is -2.29.